The highest BCUT2D eigenvalue weighted by atomic mass is 16.5. The molecule has 1 amide bonds. The van der Waals surface area contributed by atoms with Crippen LogP contribution in [0.25, 0.3) is 11.1 Å². The Morgan fingerprint density at radius 1 is 1.19 bits per heavy atom. The molecule has 0 N–H and O–H groups in total. The van der Waals surface area contributed by atoms with E-state index < -0.39 is 23.3 Å². The lowest BCUT2D eigenvalue weighted by Crippen LogP contribution is -2.48. The molecule has 0 saturated heterocycles. The number of esters is 1. The van der Waals surface area contributed by atoms with Crippen LogP contribution in [0.1, 0.15) is 22.8 Å². The molecule has 0 aliphatic carbocycles. The van der Waals surface area contributed by atoms with E-state index in [0.717, 1.165) is 16.0 Å². The lowest BCUT2D eigenvalue weighted by molar-refractivity contribution is -0.149. The molecule has 1 aliphatic rings. The molecule has 3 rings (SSSR count). The molecule has 0 bridgehead atoms. The van der Waals surface area contributed by atoms with Crippen molar-refractivity contribution in [2.24, 2.45) is 5.92 Å². The van der Waals surface area contributed by atoms with E-state index in [9.17, 15) is 20.1 Å². The third kappa shape index (κ3) is 2.63. The van der Waals surface area contributed by atoms with Crippen LogP contribution in [0.15, 0.2) is 48.5 Å². The summed E-state index contributed by atoms with van der Waals surface area (Å²) in [5.74, 6) is -2.67. The van der Waals surface area contributed by atoms with Crippen LogP contribution in [-0.4, -0.2) is 30.4 Å². The Morgan fingerprint density at radius 3 is 2.48 bits per heavy atom. The SMILES string of the molecule is CCOC(=O)C(C#N)C1(C#N)c2ccc(-c3ccccc3)cc2C(=O)N1C. The first-order chi connectivity index (χ1) is 13.0. The minimum absolute atomic E-state index is 0.0793. The average Bonchev–Trinajstić information content (AvgIpc) is 2.91. The van der Waals surface area contributed by atoms with Crippen molar-refractivity contribution >= 4 is 11.9 Å². The van der Waals surface area contributed by atoms with E-state index in [1.54, 1.807) is 25.1 Å². The van der Waals surface area contributed by atoms with Crippen molar-refractivity contribution in [1.29, 1.82) is 10.5 Å². The van der Waals surface area contributed by atoms with Crippen LogP contribution >= 0.6 is 0 Å². The largest absolute Gasteiger partial charge is 0.465 e. The third-order valence-corrected chi connectivity index (χ3v) is 4.84. The fourth-order valence-corrected chi connectivity index (χ4v) is 3.48. The minimum atomic E-state index is -1.72. The number of carbonyl (C=O) groups is 2. The van der Waals surface area contributed by atoms with Gasteiger partial charge in [0.05, 0.1) is 18.7 Å². The second-order valence-corrected chi connectivity index (χ2v) is 6.18. The fourth-order valence-electron chi connectivity index (χ4n) is 3.48. The predicted octanol–water partition coefficient (Wildman–Crippen LogP) is 2.86. The van der Waals surface area contributed by atoms with Gasteiger partial charge in [-0.2, -0.15) is 10.5 Å². The highest BCUT2D eigenvalue weighted by Crippen LogP contribution is 2.44. The highest BCUT2D eigenvalue weighted by Gasteiger charge is 2.57. The van der Waals surface area contributed by atoms with Gasteiger partial charge >= 0.3 is 5.97 Å². The smallest absolute Gasteiger partial charge is 0.327 e. The maximum Gasteiger partial charge on any atom is 0.327 e. The topological polar surface area (TPSA) is 94.2 Å². The molecule has 0 radical (unpaired) electrons. The second kappa shape index (κ2) is 6.93. The Hall–Kier alpha value is -3.64. The summed E-state index contributed by atoms with van der Waals surface area (Å²) in [7, 11) is 1.43. The predicted molar refractivity (Wildman–Crippen MR) is 97.0 cm³/mol. The molecule has 1 aliphatic heterocycles. The van der Waals surface area contributed by atoms with Crippen molar-refractivity contribution in [1.82, 2.24) is 4.90 Å². The van der Waals surface area contributed by atoms with Crippen LogP contribution in [-0.2, 0) is 15.1 Å². The molecular weight excluding hydrogens is 342 g/mol. The Bertz CT molecular complexity index is 988. The second-order valence-electron chi connectivity index (χ2n) is 6.18. The van der Waals surface area contributed by atoms with Gasteiger partial charge in [0.15, 0.2) is 11.5 Å². The first-order valence-electron chi connectivity index (χ1n) is 8.46. The molecule has 0 fully saturated rings. The molecule has 0 spiro atoms. The highest BCUT2D eigenvalue weighted by molar-refractivity contribution is 6.03. The molecule has 0 saturated carbocycles. The zero-order valence-corrected chi connectivity index (χ0v) is 15.0. The standard InChI is InChI=1S/C21H17N3O3/c1-3-27-20(26)18(12-22)21(13-23)17-10-9-15(14-7-5-4-6-8-14)11-16(17)19(25)24(21)2/h4-11,18H,3H2,1-2H3. The van der Waals surface area contributed by atoms with Crippen LogP contribution in [0.5, 0.6) is 0 Å². The van der Waals surface area contributed by atoms with Gasteiger partial charge in [0.25, 0.3) is 5.91 Å². The minimum Gasteiger partial charge on any atom is -0.465 e. The van der Waals surface area contributed by atoms with E-state index in [2.05, 4.69) is 0 Å². The number of benzene rings is 2. The third-order valence-electron chi connectivity index (χ3n) is 4.84. The number of amides is 1. The number of nitriles is 2. The van der Waals surface area contributed by atoms with Crippen molar-refractivity contribution < 1.29 is 14.3 Å². The lowest BCUT2D eigenvalue weighted by atomic mass is 9.79. The monoisotopic (exact) mass is 359 g/mol. The summed E-state index contributed by atoms with van der Waals surface area (Å²) in [5.41, 5.74) is 0.673. The van der Waals surface area contributed by atoms with Crippen LogP contribution in [0.4, 0.5) is 0 Å². The van der Waals surface area contributed by atoms with Gasteiger partial charge in [0.1, 0.15) is 0 Å². The van der Waals surface area contributed by atoms with Crippen molar-refractivity contribution in [2.45, 2.75) is 12.5 Å². The Kier molecular flexibility index (Phi) is 4.66. The van der Waals surface area contributed by atoms with Crippen LogP contribution in [0, 0.1) is 28.6 Å². The van der Waals surface area contributed by atoms with E-state index >= 15 is 0 Å². The van der Waals surface area contributed by atoms with Gasteiger partial charge in [-0.1, -0.05) is 42.5 Å². The summed E-state index contributed by atoms with van der Waals surface area (Å²) in [6, 6.07) is 18.5. The number of hydrogen-bond donors (Lipinski definition) is 0. The Labute approximate surface area is 157 Å². The number of nitrogens with zero attached hydrogens (tertiary/aromatic N) is 3. The summed E-state index contributed by atoms with van der Waals surface area (Å²) >= 11 is 0. The number of fused-ring (bicyclic) bond motifs is 1. The van der Waals surface area contributed by atoms with Crippen molar-refractivity contribution in [2.75, 3.05) is 13.7 Å². The van der Waals surface area contributed by atoms with E-state index in [1.165, 1.54) is 7.05 Å². The van der Waals surface area contributed by atoms with Gasteiger partial charge in [0.2, 0.25) is 0 Å². The normalized spacial score (nSPS) is 19.0. The number of ether oxygens (including phenoxy) is 1. The van der Waals surface area contributed by atoms with Gasteiger partial charge < -0.3 is 9.64 Å². The van der Waals surface area contributed by atoms with E-state index in [1.807, 2.05) is 42.5 Å². The summed E-state index contributed by atoms with van der Waals surface area (Å²) in [5, 5.41) is 19.6. The van der Waals surface area contributed by atoms with Crippen molar-refractivity contribution in [3.63, 3.8) is 0 Å². The Morgan fingerprint density at radius 2 is 1.89 bits per heavy atom. The first kappa shape index (κ1) is 18.2. The molecule has 2 aromatic carbocycles. The maximum atomic E-state index is 12.9. The van der Waals surface area contributed by atoms with Crippen LogP contribution < -0.4 is 0 Å². The Balaban J connectivity index is 2.18. The van der Waals surface area contributed by atoms with Crippen LogP contribution in [0.3, 0.4) is 0 Å². The van der Waals surface area contributed by atoms with E-state index in [-0.39, 0.29) is 6.61 Å². The fraction of sp³-hybridized carbons (Fsp3) is 0.238. The van der Waals surface area contributed by atoms with Gasteiger partial charge in [-0.05, 0) is 24.1 Å². The van der Waals surface area contributed by atoms with E-state index in [0.29, 0.717) is 11.1 Å². The molecular formula is C21H17N3O3. The molecule has 1 heterocycles. The quantitative estimate of drug-likeness (QED) is 0.783. The summed E-state index contributed by atoms with van der Waals surface area (Å²) in [6.45, 7) is 1.70. The lowest BCUT2D eigenvalue weighted by Gasteiger charge is -2.32. The van der Waals surface area contributed by atoms with Crippen molar-refractivity contribution in [3.8, 4) is 23.3 Å². The molecule has 6 heteroatoms. The van der Waals surface area contributed by atoms with Crippen LogP contribution in [0.2, 0.25) is 0 Å². The number of hydrogen-bond acceptors (Lipinski definition) is 5. The van der Waals surface area contributed by atoms with Gasteiger partial charge in [0, 0.05) is 18.2 Å². The van der Waals surface area contributed by atoms with Gasteiger partial charge in [-0.25, -0.2) is 0 Å². The summed E-state index contributed by atoms with van der Waals surface area (Å²) in [4.78, 5) is 26.4. The van der Waals surface area contributed by atoms with Gasteiger partial charge in [-0.3, -0.25) is 9.59 Å². The average molecular weight is 359 g/mol. The summed E-state index contributed by atoms with van der Waals surface area (Å²) < 4.78 is 4.98. The zero-order valence-electron chi connectivity index (χ0n) is 15.0. The molecule has 6 nitrogen and oxygen atoms in total. The van der Waals surface area contributed by atoms with Gasteiger partial charge in [-0.15, -0.1) is 0 Å². The molecule has 134 valence electrons. The maximum absolute atomic E-state index is 12.9. The molecule has 27 heavy (non-hydrogen) atoms. The van der Waals surface area contributed by atoms with Crippen molar-refractivity contribution in [3.05, 3.63) is 59.7 Å². The number of carbonyl (C=O) groups excluding carboxylic acids is 2. The molecule has 2 unspecified atom stereocenters. The molecule has 2 aromatic rings. The molecule has 0 aromatic heterocycles. The van der Waals surface area contributed by atoms with E-state index in [4.69, 9.17) is 4.74 Å². The zero-order chi connectivity index (χ0) is 19.6. The first-order valence-corrected chi connectivity index (χ1v) is 8.46. The number of rotatable bonds is 4. The summed E-state index contributed by atoms with van der Waals surface area (Å²) in [6.07, 6.45) is 0. The molecule has 2 atom stereocenters.